The van der Waals surface area contributed by atoms with Crippen molar-refractivity contribution in [3.63, 3.8) is 0 Å². The number of carbonyl (C=O) groups is 1. The third-order valence-corrected chi connectivity index (χ3v) is 3.88. The summed E-state index contributed by atoms with van der Waals surface area (Å²) in [6, 6.07) is 0.520. The van der Waals surface area contributed by atoms with Crippen molar-refractivity contribution in [2.75, 3.05) is 20.1 Å². The van der Waals surface area contributed by atoms with Gasteiger partial charge in [0.1, 0.15) is 0 Å². The molecular formula is C12H23ClN2O. The van der Waals surface area contributed by atoms with E-state index in [0.717, 1.165) is 19.5 Å². The third-order valence-electron chi connectivity index (χ3n) is 3.88. The predicted molar refractivity (Wildman–Crippen MR) is 67.9 cm³/mol. The normalized spacial score (nSPS) is 26.2. The molecule has 1 heterocycles. The van der Waals surface area contributed by atoms with Gasteiger partial charge in [0.2, 0.25) is 5.91 Å². The van der Waals surface area contributed by atoms with Crippen LogP contribution in [0.25, 0.3) is 0 Å². The molecular weight excluding hydrogens is 224 g/mol. The third kappa shape index (κ3) is 3.11. The highest BCUT2D eigenvalue weighted by Gasteiger charge is 2.29. The minimum Gasteiger partial charge on any atom is -0.342 e. The first-order valence-corrected chi connectivity index (χ1v) is 6.26. The molecule has 2 aliphatic rings. The largest absolute Gasteiger partial charge is 0.342 e. The van der Waals surface area contributed by atoms with Gasteiger partial charge in [0.05, 0.1) is 5.92 Å². The van der Waals surface area contributed by atoms with Crippen molar-refractivity contribution < 1.29 is 4.79 Å². The molecule has 0 bridgehead atoms. The SMILES string of the molecule is CN(C(=O)C1CCNC1)C1CCCCC1.Cl. The summed E-state index contributed by atoms with van der Waals surface area (Å²) in [5, 5.41) is 3.26. The minimum atomic E-state index is 0. The molecule has 4 heteroatoms. The van der Waals surface area contributed by atoms with E-state index in [2.05, 4.69) is 5.32 Å². The van der Waals surface area contributed by atoms with Crippen molar-refractivity contribution in [2.24, 2.45) is 5.92 Å². The number of nitrogens with zero attached hydrogens (tertiary/aromatic N) is 1. The van der Waals surface area contributed by atoms with Crippen LogP contribution in [0, 0.1) is 5.92 Å². The second-order valence-corrected chi connectivity index (χ2v) is 4.93. The van der Waals surface area contributed by atoms with E-state index in [-0.39, 0.29) is 18.3 Å². The van der Waals surface area contributed by atoms with Crippen molar-refractivity contribution in [1.82, 2.24) is 10.2 Å². The van der Waals surface area contributed by atoms with Gasteiger partial charge >= 0.3 is 0 Å². The Bertz CT molecular complexity index is 223. The quantitative estimate of drug-likeness (QED) is 0.806. The highest BCUT2D eigenvalue weighted by atomic mass is 35.5. The lowest BCUT2D eigenvalue weighted by Gasteiger charge is -2.32. The van der Waals surface area contributed by atoms with Crippen LogP contribution in [0.15, 0.2) is 0 Å². The van der Waals surface area contributed by atoms with Crippen molar-refractivity contribution in [3.8, 4) is 0 Å². The Morgan fingerprint density at radius 1 is 1.19 bits per heavy atom. The molecule has 16 heavy (non-hydrogen) atoms. The van der Waals surface area contributed by atoms with Crippen molar-refractivity contribution in [2.45, 2.75) is 44.6 Å². The van der Waals surface area contributed by atoms with Crippen molar-refractivity contribution in [3.05, 3.63) is 0 Å². The molecule has 0 aromatic carbocycles. The first-order chi connectivity index (χ1) is 7.29. The molecule has 1 aliphatic carbocycles. The number of halogens is 1. The van der Waals surface area contributed by atoms with Gasteiger partial charge in [-0.3, -0.25) is 4.79 Å². The van der Waals surface area contributed by atoms with Crippen LogP contribution in [-0.4, -0.2) is 37.0 Å². The molecule has 1 saturated heterocycles. The average Bonchev–Trinajstić information content (AvgIpc) is 2.82. The number of carbonyl (C=O) groups excluding carboxylic acids is 1. The number of rotatable bonds is 2. The maximum absolute atomic E-state index is 12.1. The fraction of sp³-hybridized carbons (Fsp3) is 0.917. The minimum absolute atomic E-state index is 0. The predicted octanol–water partition coefficient (Wildman–Crippen LogP) is 1.81. The smallest absolute Gasteiger partial charge is 0.227 e. The van der Waals surface area contributed by atoms with E-state index in [1.165, 1.54) is 32.1 Å². The Labute approximate surface area is 104 Å². The van der Waals surface area contributed by atoms with Gasteiger partial charge in [-0.05, 0) is 25.8 Å². The van der Waals surface area contributed by atoms with E-state index in [0.29, 0.717) is 11.9 Å². The number of hydrogen-bond acceptors (Lipinski definition) is 2. The van der Waals surface area contributed by atoms with E-state index in [1.54, 1.807) is 0 Å². The second kappa shape index (κ2) is 6.45. The first-order valence-electron chi connectivity index (χ1n) is 6.26. The Morgan fingerprint density at radius 3 is 2.44 bits per heavy atom. The summed E-state index contributed by atoms with van der Waals surface area (Å²) in [5.41, 5.74) is 0. The molecule has 1 saturated carbocycles. The van der Waals surface area contributed by atoms with Gasteiger partial charge in [-0.2, -0.15) is 0 Å². The van der Waals surface area contributed by atoms with Crippen molar-refractivity contribution >= 4 is 18.3 Å². The Morgan fingerprint density at radius 2 is 1.88 bits per heavy atom. The molecule has 1 aliphatic heterocycles. The van der Waals surface area contributed by atoms with Gasteiger partial charge in [-0.25, -0.2) is 0 Å². The molecule has 3 nitrogen and oxygen atoms in total. The Hall–Kier alpha value is -0.280. The molecule has 0 spiro atoms. The van der Waals surface area contributed by atoms with Gasteiger partial charge < -0.3 is 10.2 Å². The van der Waals surface area contributed by atoms with Crippen LogP contribution in [0.3, 0.4) is 0 Å². The van der Waals surface area contributed by atoms with Crippen LogP contribution in [0.4, 0.5) is 0 Å². The van der Waals surface area contributed by atoms with Crippen LogP contribution in [0.1, 0.15) is 38.5 Å². The van der Waals surface area contributed by atoms with Gasteiger partial charge in [-0.15, -0.1) is 12.4 Å². The molecule has 0 radical (unpaired) electrons. The molecule has 2 rings (SSSR count). The molecule has 1 unspecified atom stereocenters. The zero-order valence-corrected chi connectivity index (χ0v) is 10.9. The highest BCUT2D eigenvalue weighted by Crippen LogP contribution is 2.23. The summed E-state index contributed by atoms with van der Waals surface area (Å²) in [5.74, 6) is 0.615. The average molecular weight is 247 g/mol. The van der Waals surface area contributed by atoms with Gasteiger partial charge in [0.15, 0.2) is 0 Å². The maximum atomic E-state index is 12.1. The zero-order chi connectivity index (χ0) is 10.7. The van der Waals surface area contributed by atoms with Crippen LogP contribution < -0.4 is 5.32 Å². The molecule has 2 fully saturated rings. The first kappa shape index (κ1) is 13.8. The molecule has 1 N–H and O–H groups in total. The Balaban J connectivity index is 0.00000128. The van der Waals surface area contributed by atoms with Crippen LogP contribution in [0.2, 0.25) is 0 Å². The summed E-state index contributed by atoms with van der Waals surface area (Å²) >= 11 is 0. The van der Waals surface area contributed by atoms with E-state index in [4.69, 9.17) is 0 Å². The van der Waals surface area contributed by atoms with Gasteiger partial charge in [0, 0.05) is 19.6 Å². The van der Waals surface area contributed by atoms with E-state index in [9.17, 15) is 4.79 Å². The van der Waals surface area contributed by atoms with Gasteiger partial charge in [0.25, 0.3) is 0 Å². The van der Waals surface area contributed by atoms with E-state index < -0.39 is 0 Å². The molecule has 1 amide bonds. The fourth-order valence-corrected chi connectivity index (χ4v) is 2.80. The summed E-state index contributed by atoms with van der Waals surface area (Å²) < 4.78 is 0. The van der Waals surface area contributed by atoms with E-state index >= 15 is 0 Å². The molecule has 94 valence electrons. The van der Waals surface area contributed by atoms with Gasteiger partial charge in [-0.1, -0.05) is 19.3 Å². The zero-order valence-electron chi connectivity index (χ0n) is 10.1. The van der Waals surface area contributed by atoms with E-state index in [1.807, 2.05) is 11.9 Å². The topological polar surface area (TPSA) is 32.3 Å². The number of nitrogens with one attached hydrogen (secondary N) is 1. The second-order valence-electron chi connectivity index (χ2n) is 4.93. The standard InChI is InChI=1S/C12H22N2O.ClH/c1-14(11-5-3-2-4-6-11)12(15)10-7-8-13-9-10;/h10-11,13H,2-9H2,1H3;1H. The van der Waals surface area contributed by atoms with Crippen LogP contribution in [-0.2, 0) is 4.79 Å². The lowest BCUT2D eigenvalue weighted by Crippen LogP contribution is -2.42. The number of amides is 1. The lowest BCUT2D eigenvalue weighted by molar-refractivity contribution is -0.136. The Kier molecular flexibility index (Phi) is 5.56. The summed E-state index contributed by atoms with van der Waals surface area (Å²) in [4.78, 5) is 14.2. The monoisotopic (exact) mass is 246 g/mol. The molecule has 1 atom stereocenters. The summed E-state index contributed by atoms with van der Waals surface area (Å²) in [6.45, 7) is 1.89. The maximum Gasteiger partial charge on any atom is 0.227 e. The number of hydrogen-bond donors (Lipinski definition) is 1. The molecule has 0 aromatic heterocycles. The highest BCUT2D eigenvalue weighted by molar-refractivity contribution is 5.85. The fourth-order valence-electron chi connectivity index (χ4n) is 2.80. The summed E-state index contributed by atoms with van der Waals surface area (Å²) in [6.07, 6.45) is 7.39. The lowest BCUT2D eigenvalue weighted by atomic mass is 9.93. The van der Waals surface area contributed by atoms with Crippen molar-refractivity contribution in [1.29, 1.82) is 0 Å². The van der Waals surface area contributed by atoms with Crippen LogP contribution in [0.5, 0.6) is 0 Å². The van der Waals surface area contributed by atoms with Crippen LogP contribution >= 0.6 is 12.4 Å². The molecule has 0 aromatic rings. The summed E-state index contributed by atoms with van der Waals surface area (Å²) in [7, 11) is 2.00.